The second kappa shape index (κ2) is 5.01. The average molecular weight is 231 g/mol. The Bertz CT molecular complexity index is 385. The van der Waals surface area contributed by atoms with Crippen molar-refractivity contribution < 1.29 is 4.79 Å². The molecule has 17 heavy (non-hydrogen) atoms. The minimum absolute atomic E-state index is 0.169. The van der Waals surface area contributed by atoms with Crippen LogP contribution in [0.25, 0.3) is 0 Å². The van der Waals surface area contributed by atoms with Gasteiger partial charge >= 0.3 is 0 Å². The molecule has 0 aliphatic carbocycles. The van der Waals surface area contributed by atoms with Crippen molar-refractivity contribution in [1.82, 2.24) is 4.90 Å². The topological polar surface area (TPSA) is 20.3 Å². The predicted octanol–water partition coefficient (Wildman–Crippen LogP) is 2.70. The van der Waals surface area contributed by atoms with E-state index in [0.29, 0.717) is 17.6 Å². The van der Waals surface area contributed by atoms with E-state index in [0.717, 1.165) is 18.7 Å². The molecule has 1 aromatic rings. The van der Waals surface area contributed by atoms with Gasteiger partial charge in [0, 0.05) is 24.6 Å². The summed E-state index contributed by atoms with van der Waals surface area (Å²) in [4.78, 5) is 14.8. The van der Waals surface area contributed by atoms with Gasteiger partial charge in [-0.05, 0) is 18.9 Å². The van der Waals surface area contributed by atoms with Gasteiger partial charge in [-0.25, -0.2) is 0 Å². The summed E-state index contributed by atoms with van der Waals surface area (Å²) in [6, 6.07) is 9.69. The summed E-state index contributed by atoms with van der Waals surface area (Å²) in [5, 5.41) is 0. The van der Waals surface area contributed by atoms with Gasteiger partial charge < -0.3 is 4.90 Å². The van der Waals surface area contributed by atoms with E-state index >= 15 is 0 Å². The SMILES string of the molecule is CC(C)C1CN(C)CC1C(=O)c1ccccc1. The maximum Gasteiger partial charge on any atom is 0.167 e. The van der Waals surface area contributed by atoms with Gasteiger partial charge in [-0.2, -0.15) is 0 Å². The molecule has 0 radical (unpaired) electrons. The predicted molar refractivity (Wildman–Crippen MR) is 70.1 cm³/mol. The fourth-order valence-electron chi connectivity index (χ4n) is 2.80. The standard InChI is InChI=1S/C15H21NO/c1-11(2)13-9-16(3)10-14(13)15(17)12-7-5-4-6-8-12/h4-8,11,13-14H,9-10H2,1-3H3. The molecule has 0 N–H and O–H groups in total. The smallest absolute Gasteiger partial charge is 0.167 e. The van der Waals surface area contributed by atoms with Gasteiger partial charge in [0.25, 0.3) is 0 Å². The van der Waals surface area contributed by atoms with Gasteiger partial charge in [-0.15, -0.1) is 0 Å². The highest BCUT2D eigenvalue weighted by molar-refractivity contribution is 5.98. The normalized spacial score (nSPS) is 25.4. The third-order valence-electron chi connectivity index (χ3n) is 3.80. The monoisotopic (exact) mass is 231 g/mol. The van der Waals surface area contributed by atoms with Crippen LogP contribution in [-0.2, 0) is 0 Å². The van der Waals surface area contributed by atoms with Crippen molar-refractivity contribution in [2.45, 2.75) is 13.8 Å². The van der Waals surface area contributed by atoms with Crippen LogP contribution in [0.1, 0.15) is 24.2 Å². The summed E-state index contributed by atoms with van der Waals surface area (Å²) in [5.41, 5.74) is 0.860. The van der Waals surface area contributed by atoms with Crippen molar-refractivity contribution >= 4 is 5.78 Å². The second-order valence-corrected chi connectivity index (χ2v) is 5.47. The van der Waals surface area contributed by atoms with E-state index in [1.807, 2.05) is 30.3 Å². The van der Waals surface area contributed by atoms with Crippen LogP contribution in [0.2, 0.25) is 0 Å². The van der Waals surface area contributed by atoms with Crippen LogP contribution in [0.4, 0.5) is 0 Å². The van der Waals surface area contributed by atoms with E-state index in [9.17, 15) is 4.79 Å². The van der Waals surface area contributed by atoms with Gasteiger partial charge in [-0.3, -0.25) is 4.79 Å². The maximum absolute atomic E-state index is 12.5. The van der Waals surface area contributed by atoms with Gasteiger partial charge in [-0.1, -0.05) is 44.2 Å². The molecule has 0 amide bonds. The molecular weight excluding hydrogens is 210 g/mol. The number of hydrogen-bond acceptors (Lipinski definition) is 2. The van der Waals surface area contributed by atoms with Gasteiger partial charge in [0.1, 0.15) is 0 Å². The van der Waals surface area contributed by atoms with E-state index < -0.39 is 0 Å². The number of carbonyl (C=O) groups is 1. The zero-order valence-corrected chi connectivity index (χ0v) is 10.9. The lowest BCUT2D eigenvalue weighted by Gasteiger charge is -2.20. The molecule has 1 aromatic carbocycles. The lowest BCUT2D eigenvalue weighted by Crippen LogP contribution is -2.26. The van der Waals surface area contributed by atoms with Gasteiger partial charge in [0.2, 0.25) is 0 Å². The van der Waals surface area contributed by atoms with Crippen LogP contribution in [0.5, 0.6) is 0 Å². The molecule has 2 rings (SSSR count). The molecule has 0 saturated carbocycles. The fourth-order valence-corrected chi connectivity index (χ4v) is 2.80. The Kier molecular flexibility index (Phi) is 3.63. The van der Waals surface area contributed by atoms with Crippen LogP contribution in [-0.4, -0.2) is 30.8 Å². The third kappa shape index (κ3) is 2.58. The van der Waals surface area contributed by atoms with Crippen molar-refractivity contribution in [3.8, 4) is 0 Å². The number of rotatable bonds is 3. The molecule has 1 saturated heterocycles. The van der Waals surface area contributed by atoms with Crippen molar-refractivity contribution in [2.75, 3.05) is 20.1 Å². The molecule has 0 aromatic heterocycles. The Hall–Kier alpha value is -1.15. The molecule has 0 spiro atoms. The van der Waals surface area contributed by atoms with Crippen molar-refractivity contribution in [2.24, 2.45) is 17.8 Å². The number of nitrogens with zero attached hydrogens (tertiary/aromatic N) is 1. The van der Waals surface area contributed by atoms with Gasteiger partial charge in [0.05, 0.1) is 0 Å². The minimum atomic E-state index is 0.169. The largest absolute Gasteiger partial charge is 0.305 e. The van der Waals surface area contributed by atoms with Crippen LogP contribution >= 0.6 is 0 Å². The third-order valence-corrected chi connectivity index (χ3v) is 3.80. The van der Waals surface area contributed by atoms with E-state index in [-0.39, 0.29) is 5.92 Å². The Morgan fingerprint density at radius 3 is 2.47 bits per heavy atom. The van der Waals surface area contributed by atoms with E-state index in [1.54, 1.807) is 0 Å². The number of carbonyl (C=O) groups excluding carboxylic acids is 1. The number of likely N-dealkylation sites (tertiary alicyclic amines) is 1. The molecule has 2 nitrogen and oxygen atoms in total. The highest BCUT2D eigenvalue weighted by Gasteiger charge is 2.37. The zero-order valence-electron chi connectivity index (χ0n) is 10.9. The quantitative estimate of drug-likeness (QED) is 0.745. The number of ketones is 1. The molecule has 2 heteroatoms. The lowest BCUT2D eigenvalue weighted by molar-refractivity contribution is 0.0882. The first kappa shape index (κ1) is 12.3. The number of hydrogen-bond donors (Lipinski definition) is 0. The Morgan fingerprint density at radius 2 is 1.88 bits per heavy atom. The highest BCUT2D eigenvalue weighted by Crippen LogP contribution is 2.31. The van der Waals surface area contributed by atoms with Crippen LogP contribution in [0, 0.1) is 17.8 Å². The fraction of sp³-hybridized carbons (Fsp3) is 0.533. The first-order valence-corrected chi connectivity index (χ1v) is 6.37. The van der Waals surface area contributed by atoms with Crippen molar-refractivity contribution in [1.29, 1.82) is 0 Å². The summed E-state index contributed by atoms with van der Waals surface area (Å²) < 4.78 is 0. The van der Waals surface area contributed by atoms with E-state index in [4.69, 9.17) is 0 Å². The summed E-state index contributed by atoms with van der Waals surface area (Å²) in [5.74, 6) is 1.54. The number of Topliss-reactive ketones (excluding diaryl/α,β-unsaturated/α-hetero) is 1. The van der Waals surface area contributed by atoms with Crippen LogP contribution in [0.15, 0.2) is 30.3 Å². The highest BCUT2D eigenvalue weighted by atomic mass is 16.1. The zero-order chi connectivity index (χ0) is 12.4. The molecule has 1 heterocycles. The first-order valence-electron chi connectivity index (χ1n) is 6.37. The summed E-state index contributed by atoms with van der Waals surface area (Å²) in [6.45, 7) is 6.38. The van der Waals surface area contributed by atoms with Crippen LogP contribution in [0.3, 0.4) is 0 Å². The molecular formula is C15H21NO. The average Bonchev–Trinajstić information content (AvgIpc) is 2.72. The van der Waals surface area contributed by atoms with Crippen molar-refractivity contribution in [3.63, 3.8) is 0 Å². The molecule has 2 unspecified atom stereocenters. The second-order valence-electron chi connectivity index (χ2n) is 5.47. The molecule has 1 aliphatic heterocycles. The Morgan fingerprint density at radius 1 is 1.24 bits per heavy atom. The lowest BCUT2D eigenvalue weighted by atomic mass is 9.82. The molecule has 0 bridgehead atoms. The molecule has 2 atom stereocenters. The maximum atomic E-state index is 12.5. The van der Waals surface area contributed by atoms with Crippen LogP contribution < -0.4 is 0 Å². The number of benzene rings is 1. The molecule has 1 fully saturated rings. The summed E-state index contributed by atoms with van der Waals surface area (Å²) in [7, 11) is 2.10. The van der Waals surface area contributed by atoms with E-state index in [1.165, 1.54) is 0 Å². The first-order chi connectivity index (χ1) is 8.09. The molecule has 92 valence electrons. The molecule has 1 aliphatic rings. The Balaban J connectivity index is 2.19. The van der Waals surface area contributed by atoms with Gasteiger partial charge in [0.15, 0.2) is 5.78 Å². The van der Waals surface area contributed by atoms with Crippen molar-refractivity contribution in [3.05, 3.63) is 35.9 Å². The summed E-state index contributed by atoms with van der Waals surface area (Å²) in [6.07, 6.45) is 0. The summed E-state index contributed by atoms with van der Waals surface area (Å²) >= 11 is 0. The Labute approximate surface area is 104 Å². The minimum Gasteiger partial charge on any atom is -0.305 e. The van der Waals surface area contributed by atoms with E-state index in [2.05, 4.69) is 25.8 Å².